The third-order valence-electron chi connectivity index (χ3n) is 4.39. The molecule has 0 radical (unpaired) electrons. The second kappa shape index (κ2) is 8.67. The second-order valence-corrected chi connectivity index (χ2v) is 6.28. The van der Waals surface area contributed by atoms with E-state index in [1.54, 1.807) is 37.4 Å². The summed E-state index contributed by atoms with van der Waals surface area (Å²) in [5.74, 6) is -0.359. The van der Waals surface area contributed by atoms with Crippen LogP contribution in [0.2, 0.25) is 0 Å². The zero-order valence-electron chi connectivity index (χ0n) is 15.9. The Morgan fingerprint density at radius 2 is 1.75 bits per heavy atom. The average molecular weight is 382 g/mol. The van der Waals surface area contributed by atoms with Gasteiger partial charge in [0.2, 0.25) is 0 Å². The SMILES string of the molecule is CCOc1ccc(NC(=O)c2ccc3c(c2)C(=O)N(CCCOC)C3=O)cc1. The van der Waals surface area contributed by atoms with Crippen molar-refractivity contribution in [3.63, 3.8) is 0 Å². The molecule has 28 heavy (non-hydrogen) atoms. The van der Waals surface area contributed by atoms with E-state index < -0.39 is 0 Å². The molecule has 0 atom stereocenters. The molecule has 0 spiro atoms. The zero-order valence-corrected chi connectivity index (χ0v) is 15.9. The Morgan fingerprint density at radius 1 is 1.04 bits per heavy atom. The van der Waals surface area contributed by atoms with E-state index in [4.69, 9.17) is 9.47 Å². The summed E-state index contributed by atoms with van der Waals surface area (Å²) in [6, 6.07) is 11.6. The van der Waals surface area contributed by atoms with Gasteiger partial charge in [-0.05, 0) is 55.8 Å². The highest BCUT2D eigenvalue weighted by atomic mass is 16.5. The summed E-state index contributed by atoms with van der Waals surface area (Å²) in [6.07, 6.45) is 0.563. The van der Waals surface area contributed by atoms with E-state index in [0.29, 0.717) is 36.4 Å². The number of anilines is 1. The maximum atomic E-state index is 12.6. The first kappa shape index (κ1) is 19.6. The first-order chi connectivity index (χ1) is 13.5. The van der Waals surface area contributed by atoms with Crippen LogP contribution in [0.15, 0.2) is 42.5 Å². The molecule has 1 N–H and O–H groups in total. The molecule has 0 aromatic heterocycles. The van der Waals surface area contributed by atoms with Gasteiger partial charge in [-0.3, -0.25) is 19.3 Å². The molecule has 0 aliphatic carbocycles. The van der Waals surface area contributed by atoms with Gasteiger partial charge in [0.25, 0.3) is 17.7 Å². The number of methoxy groups -OCH3 is 1. The highest BCUT2D eigenvalue weighted by molar-refractivity contribution is 6.22. The highest BCUT2D eigenvalue weighted by Gasteiger charge is 2.35. The van der Waals surface area contributed by atoms with Gasteiger partial charge in [-0.2, -0.15) is 0 Å². The summed E-state index contributed by atoms with van der Waals surface area (Å²) in [7, 11) is 1.57. The quantitative estimate of drug-likeness (QED) is 0.560. The largest absolute Gasteiger partial charge is 0.494 e. The van der Waals surface area contributed by atoms with Crippen molar-refractivity contribution < 1.29 is 23.9 Å². The number of hydrogen-bond acceptors (Lipinski definition) is 5. The molecule has 1 aliphatic rings. The Balaban J connectivity index is 1.72. The van der Waals surface area contributed by atoms with Gasteiger partial charge >= 0.3 is 0 Å². The molecule has 3 amide bonds. The molecule has 2 aromatic carbocycles. The second-order valence-electron chi connectivity index (χ2n) is 6.28. The predicted molar refractivity (Wildman–Crippen MR) is 104 cm³/mol. The number of rotatable bonds is 8. The number of benzene rings is 2. The van der Waals surface area contributed by atoms with Crippen LogP contribution in [-0.2, 0) is 4.74 Å². The van der Waals surface area contributed by atoms with Crippen LogP contribution in [0.25, 0.3) is 0 Å². The Kier molecular flexibility index (Phi) is 6.06. The number of carbonyl (C=O) groups excluding carboxylic acids is 3. The van der Waals surface area contributed by atoms with Crippen molar-refractivity contribution in [2.45, 2.75) is 13.3 Å². The van der Waals surface area contributed by atoms with Gasteiger partial charge in [0.15, 0.2) is 0 Å². The Labute approximate surface area is 163 Å². The van der Waals surface area contributed by atoms with E-state index >= 15 is 0 Å². The Bertz CT molecular complexity index is 892. The third-order valence-corrected chi connectivity index (χ3v) is 4.39. The van der Waals surface area contributed by atoms with Gasteiger partial charge in [0.05, 0.1) is 17.7 Å². The maximum absolute atomic E-state index is 12.6. The first-order valence-electron chi connectivity index (χ1n) is 9.08. The lowest BCUT2D eigenvalue weighted by Gasteiger charge is -2.12. The normalized spacial score (nSPS) is 12.9. The standard InChI is InChI=1S/C21H22N2O5/c1-3-28-16-8-6-15(7-9-16)22-19(24)14-5-10-17-18(13-14)21(26)23(20(17)25)11-4-12-27-2/h5-10,13H,3-4,11-12H2,1-2H3,(H,22,24). The molecule has 1 heterocycles. The fraction of sp³-hybridized carbons (Fsp3) is 0.286. The molecule has 0 bridgehead atoms. The zero-order chi connectivity index (χ0) is 20.1. The minimum absolute atomic E-state index is 0.252. The molecule has 0 fully saturated rings. The van der Waals surface area contributed by atoms with Crippen molar-refractivity contribution in [1.82, 2.24) is 4.90 Å². The molecule has 0 saturated carbocycles. The summed E-state index contributed by atoms with van der Waals surface area (Å²) in [5, 5.41) is 2.78. The molecule has 0 unspecified atom stereocenters. The van der Waals surface area contributed by atoms with Gasteiger partial charge in [0.1, 0.15) is 5.75 Å². The van der Waals surface area contributed by atoms with Crippen molar-refractivity contribution in [3.05, 3.63) is 59.2 Å². The molecule has 146 valence electrons. The minimum Gasteiger partial charge on any atom is -0.494 e. The molecule has 7 heteroatoms. The Morgan fingerprint density at radius 3 is 2.43 bits per heavy atom. The molecule has 7 nitrogen and oxygen atoms in total. The first-order valence-corrected chi connectivity index (χ1v) is 9.08. The van der Waals surface area contributed by atoms with Crippen molar-refractivity contribution in [2.24, 2.45) is 0 Å². The van der Waals surface area contributed by atoms with E-state index in [0.717, 1.165) is 5.75 Å². The molecular weight excluding hydrogens is 360 g/mol. The average Bonchev–Trinajstić information content (AvgIpc) is 2.94. The van der Waals surface area contributed by atoms with E-state index in [-0.39, 0.29) is 29.8 Å². The van der Waals surface area contributed by atoms with Crippen LogP contribution in [0.5, 0.6) is 5.75 Å². The van der Waals surface area contributed by atoms with Gasteiger partial charge in [-0.1, -0.05) is 0 Å². The summed E-state index contributed by atoms with van der Waals surface area (Å²) in [5.41, 5.74) is 1.49. The monoisotopic (exact) mass is 382 g/mol. The van der Waals surface area contributed by atoms with E-state index in [1.165, 1.54) is 17.0 Å². The lowest BCUT2D eigenvalue weighted by molar-refractivity contribution is 0.0638. The third kappa shape index (κ3) is 4.04. The summed E-state index contributed by atoms with van der Waals surface area (Å²) in [4.78, 5) is 38.7. The summed E-state index contributed by atoms with van der Waals surface area (Å²) in [6.45, 7) is 3.21. The summed E-state index contributed by atoms with van der Waals surface area (Å²) >= 11 is 0. The van der Waals surface area contributed by atoms with Crippen LogP contribution in [0.1, 0.15) is 44.4 Å². The minimum atomic E-state index is -0.383. The molecule has 3 rings (SSSR count). The number of hydrogen-bond donors (Lipinski definition) is 1. The predicted octanol–water partition coefficient (Wildman–Crippen LogP) is 2.97. The van der Waals surface area contributed by atoms with Crippen LogP contribution in [0, 0.1) is 0 Å². The van der Waals surface area contributed by atoms with Gasteiger partial charge in [-0.15, -0.1) is 0 Å². The fourth-order valence-electron chi connectivity index (χ4n) is 3.01. The number of ether oxygens (including phenoxy) is 2. The van der Waals surface area contributed by atoms with Crippen molar-refractivity contribution in [3.8, 4) is 5.75 Å². The number of amides is 3. The molecular formula is C21H22N2O5. The molecule has 0 saturated heterocycles. The van der Waals surface area contributed by atoms with Crippen LogP contribution in [-0.4, -0.2) is 49.5 Å². The maximum Gasteiger partial charge on any atom is 0.261 e. The fourth-order valence-corrected chi connectivity index (χ4v) is 3.01. The van der Waals surface area contributed by atoms with E-state index in [9.17, 15) is 14.4 Å². The number of imide groups is 1. The van der Waals surface area contributed by atoms with Crippen LogP contribution in [0.3, 0.4) is 0 Å². The van der Waals surface area contributed by atoms with Crippen LogP contribution < -0.4 is 10.1 Å². The van der Waals surface area contributed by atoms with Crippen molar-refractivity contribution in [2.75, 3.05) is 32.2 Å². The van der Waals surface area contributed by atoms with Crippen molar-refractivity contribution in [1.29, 1.82) is 0 Å². The number of fused-ring (bicyclic) bond motifs is 1. The summed E-state index contributed by atoms with van der Waals surface area (Å²) < 4.78 is 10.3. The van der Waals surface area contributed by atoms with E-state index in [1.807, 2.05) is 6.92 Å². The lowest BCUT2D eigenvalue weighted by Crippen LogP contribution is -2.31. The highest BCUT2D eigenvalue weighted by Crippen LogP contribution is 2.25. The smallest absolute Gasteiger partial charge is 0.261 e. The van der Waals surface area contributed by atoms with Gasteiger partial charge in [-0.25, -0.2) is 0 Å². The topological polar surface area (TPSA) is 84.9 Å². The molecule has 2 aromatic rings. The van der Waals surface area contributed by atoms with Gasteiger partial charge < -0.3 is 14.8 Å². The number of nitrogens with zero attached hydrogens (tertiary/aromatic N) is 1. The van der Waals surface area contributed by atoms with Crippen LogP contribution in [0.4, 0.5) is 5.69 Å². The lowest BCUT2D eigenvalue weighted by atomic mass is 10.1. The molecule has 1 aliphatic heterocycles. The Hall–Kier alpha value is -3.19. The van der Waals surface area contributed by atoms with Gasteiger partial charge in [0, 0.05) is 31.5 Å². The number of carbonyl (C=O) groups is 3. The number of nitrogens with one attached hydrogen (secondary N) is 1. The van der Waals surface area contributed by atoms with Crippen molar-refractivity contribution >= 4 is 23.4 Å². The van der Waals surface area contributed by atoms with E-state index in [2.05, 4.69) is 5.32 Å². The van der Waals surface area contributed by atoms with Crippen LogP contribution >= 0.6 is 0 Å².